The van der Waals surface area contributed by atoms with Gasteiger partial charge < -0.3 is 15.8 Å². The molecule has 3 N–H and O–H groups in total. The monoisotopic (exact) mass is 228 g/mol. The van der Waals surface area contributed by atoms with Crippen molar-refractivity contribution >= 4 is 5.91 Å². The third-order valence-corrected chi connectivity index (χ3v) is 3.26. The van der Waals surface area contributed by atoms with Gasteiger partial charge in [-0.3, -0.25) is 4.79 Å². The van der Waals surface area contributed by atoms with Crippen LogP contribution in [0.2, 0.25) is 0 Å². The Bertz CT molecular complexity index is 209. The van der Waals surface area contributed by atoms with E-state index >= 15 is 0 Å². The van der Waals surface area contributed by atoms with E-state index in [0.717, 1.165) is 25.8 Å². The zero-order valence-electron chi connectivity index (χ0n) is 10.2. The van der Waals surface area contributed by atoms with Gasteiger partial charge in [0.15, 0.2) is 0 Å². The van der Waals surface area contributed by atoms with Crippen LogP contribution < -0.4 is 11.1 Å². The molecule has 1 aliphatic carbocycles. The lowest BCUT2D eigenvalue weighted by atomic mass is 9.92. The van der Waals surface area contributed by atoms with Gasteiger partial charge in [-0.2, -0.15) is 0 Å². The summed E-state index contributed by atoms with van der Waals surface area (Å²) in [5.41, 5.74) is 5.08. The number of nitrogens with two attached hydrogens (primary N) is 1. The van der Waals surface area contributed by atoms with E-state index in [1.807, 2.05) is 0 Å². The Balaban J connectivity index is 2.08. The summed E-state index contributed by atoms with van der Waals surface area (Å²) in [7, 11) is 1.79. The minimum atomic E-state index is -0.201. The van der Waals surface area contributed by atoms with Crippen molar-refractivity contribution in [1.82, 2.24) is 5.32 Å². The van der Waals surface area contributed by atoms with Crippen molar-refractivity contribution in [2.75, 3.05) is 13.7 Å². The summed E-state index contributed by atoms with van der Waals surface area (Å²) < 4.78 is 5.46. The molecule has 0 bridgehead atoms. The Morgan fingerprint density at radius 3 is 2.81 bits per heavy atom. The highest BCUT2D eigenvalue weighted by molar-refractivity contribution is 5.73. The van der Waals surface area contributed by atoms with Gasteiger partial charge in [-0.25, -0.2) is 0 Å². The first-order valence-electron chi connectivity index (χ1n) is 6.28. The number of carbonyl (C=O) groups is 1. The van der Waals surface area contributed by atoms with Crippen LogP contribution in [0.4, 0.5) is 0 Å². The normalized spacial score (nSPS) is 25.6. The number of amides is 1. The fourth-order valence-electron chi connectivity index (χ4n) is 2.32. The second kappa shape index (κ2) is 7.63. The number of rotatable bonds is 7. The van der Waals surface area contributed by atoms with Gasteiger partial charge in [-0.15, -0.1) is 0 Å². The van der Waals surface area contributed by atoms with E-state index in [1.54, 1.807) is 7.11 Å². The van der Waals surface area contributed by atoms with Crippen LogP contribution in [0.3, 0.4) is 0 Å². The van der Waals surface area contributed by atoms with Crippen LogP contribution in [0.1, 0.15) is 44.9 Å². The molecule has 1 aliphatic rings. The van der Waals surface area contributed by atoms with Crippen LogP contribution in [-0.4, -0.2) is 31.7 Å². The van der Waals surface area contributed by atoms with Crippen LogP contribution in [0, 0.1) is 0 Å². The van der Waals surface area contributed by atoms with Crippen LogP contribution in [0.25, 0.3) is 0 Å². The number of nitrogens with one attached hydrogen (secondary N) is 1. The summed E-state index contributed by atoms with van der Waals surface area (Å²) in [6.07, 6.45) is 7.69. The van der Waals surface area contributed by atoms with E-state index in [-0.39, 0.29) is 5.91 Å². The highest BCUT2D eigenvalue weighted by atomic mass is 16.5. The minimum Gasteiger partial charge on any atom is -0.380 e. The van der Waals surface area contributed by atoms with Gasteiger partial charge in [0.25, 0.3) is 0 Å². The topological polar surface area (TPSA) is 64.3 Å². The third kappa shape index (κ3) is 4.94. The quantitative estimate of drug-likeness (QED) is 0.643. The molecule has 0 aromatic heterocycles. The number of methoxy groups -OCH3 is 1. The first-order chi connectivity index (χ1) is 7.74. The number of primary amides is 1. The molecule has 2 unspecified atom stereocenters. The van der Waals surface area contributed by atoms with Crippen LogP contribution in [-0.2, 0) is 9.53 Å². The van der Waals surface area contributed by atoms with Crippen molar-refractivity contribution in [1.29, 1.82) is 0 Å². The summed E-state index contributed by atoms with van der Waals surface area (Å²) in [4.78, 5) is 10.5. The van der Waals surface area contributed by atoms with E-state index in [2.05, 4.69) is 5.32 Å². The van der Waals surface area contributed by atoms with Gasteiger partial charge in [0.05, 0.1) is 6.10 Å². The number of hydrogen-bond acceptors (Lipinski definition) is 3. The molecule has 0 heterocycles. The van der Waals surface area contributed by atoms with Gasteiger partial charge in [0.2, 0.25) is 5.91 Å². The molecule has 94 valence electrons. The Morgan fingerprint density at radius 1 is 1.38 bits per heavy atom. The average molecular weight is 228 g/mol. The maximum atomic E-state index is 10.5. The molecule has 0 spiro atoms. The standard InChI is InChI=1S/C12H24N2O2/c1-16-11-7-3-2-6-10(11)14-9-5-4-8-12(13)15/h10-11,14H,2-9H2,1H3,(H2,13,15). The summed E-state index contributed by atoms with van der Waals surface area (Å²) >= 11 is 0. The van der Waals surface area contributed by atoms with E-state index in [0.29, 0.717) is 18.6 Å². The van der Waals surface area contributed by atoms with Gasteiger partial charge in [0, 0.05) is 19.6 Å². The van der Waals surface area contributed by atoms with Gasteiger partial charge in [-0.1, -0.05) is 12.8 Å². The fourth-order valence-corrected chi connectivity index (χ4v) is 2.32. The van der Waals surface area contributed by atoms with Crippen molar-refractivity contribution < 1.29 is 9.53 Å². The zero-order chi connectivity index (χ0) is 11.8. The molecule has 2 atom stereocenters. The maximum Gasteiger partial charge on any atom is 0.217 e. The smallest absolute Gasteiger partial charge is 0.217 e. The molecule has 16 heavy (non-hydrogen) atoms. The summed E-state index contributed by atoms with van der Waals surface area (Å²) in [6, 6.07) is 0.493. The molecule has 0 aromatic rings. The molecule has 1 saturated carbocycles. The molecular formula is C12H24N2O2. The number of hydrogen-bond donors (Lipinski definition) is 2. The molecule has 0 radical (unpaired) electrons. The summed E-state index contributed by atoms with van der Waals surface area (Å²) in [5.74, 6) is -0.201. The van der Waals surface area contributed by atoms with Gasteiger partial charge in [-0.05, 0) is 32.2 Å². The predicted octanol–water partition coefficient (Wildman–Crippen LogP) is 1.19. The van der Waals surface area contributed by atoms with E-state index in [4.69, 9.17) is 10.5 Å². The third-order valence-electron chi connectivity index (χ3n) is 3.26. The lowest BCUT2D eigenvalue weighted by Gasteiger charge is -2.31. The second-order valence-corrected chi connectivity index (χ2v) is 4.54. The van der Waals surface area contributed by atoms with Gasteiger partial charge in [0.1, 0.15) is 0 Å². The Labute approximate surface area is 97.9 Å². The molecule has 1 rings (SSSR count). The molecule has 0 saturated heterocycles. The number of ether oxygens (including phenoxy) is 1. The lowest BCUT2D eigenvalue weighted by Crippen LogP contribution is -2.43. The number of carbonyl (C=O) groups excluding carboxylic acids is 1. The first kappa shape index (κ1) is 13.5. The fraction of sp³-hybridized carbons (Fsp3) is 0.917. The molecular weight excluding hydrogens is 204 g/mol. The van der Waals surface area contributed by atoms with E-state index < -0.39 is 0 Å². The highest BCUT2D eigenvalue weighted by Crippen LogP contribution is 2.20. The van der Waals surface area contributed by atoms with Crippen LogP contribution >= 0.6 is 0 Å². The molecule has 0 aromatic carbocycles. The zero-order valence-corrected chi connectivity index (χ0v) is 10.2. The average Bonchev–Trinajstić information content (AvgIpc) is 2.29. The first-order valence-corrected chi connectivity index (χ1v) is 6.28. The number of unbranched alkanes of at least 4 members (excludes halogenated alkanes) is 1. The van der Waals surface area contributed by atoms with Crippen molar-refractivity contribution in [2.45, 2.75) is 57.1 Å². The van der Waals surface area contributed by atoms with Crippen LogP contribution in [0.5, 0.6) is 0 Å². The maximum absolute atomic E-state index is 10.5. The van der Waals surface area contributed by atoms with Crippen molar-refractivity contribution in [3.63, 3.8) is 0 Å². The molecule has 4 nitrogen and oxygen atoms in total. The molecule has 4 heteroatoms. The molecule has 1 fully saturated rings. The Hall–Kier alpha value is -0.610. The molecule has 1 amide bonds. The summed E-state index contributed by atoms with van der Waals surface area (Å²) in [6.45, 7) is 0.956. The predicted molar refractivity (Wildman–Crippen MR) is 64.1 cm³/mol. The van der Waals surface area contributed by atoms with Crippen LogP contribution in [0.15, 0.2) is 0 Å². The van der Waals surface area contributed by atoms with Gasteiger partial charge >= 0.3 is 0 Å². The summed E-state index contributed by atoms with van der Waals surface area (Å²) in [5, 5.41) is 3.52. The van der Waals surface area contributed by atoms with E-state index in [9.17, 15) is 4.79 Å². The lowest BCUT2D eigenvalue weighted by molar-refractivity contribution is -0.118. The highest BCUT2D eigenvalue weighted by Gasteiger charge is 2.23. The largest absolute Gasteiger partial charge is 0.380 e. The Kier molecular flexibility index (Phi) is 6.42. The van der Waals surface area contributed by atoms with Crippen molar-refractivity contribution in [2.24, 2.45) is 5.73 Å². The Morgan fingerprint density at radius 2 is 2.12 bits per heavy atom. The minimum absolute atomic E-state index is 0.201. The molecule has 0 aliphatic heterocycles. The van der Waals surface area contributed by atoms with E-state index in [1.165, 1.54) is 19.3 Å². The van der Waals surface area contributed by atoms with Crippen molar-refractivity contribution in [3.8, 4) is 0 Å². The van der Waals surface area contributed by atoms with Crippen molar-refractivity contribution in [3.05, 3.63) is 0 Å². The SMILES string of the molecule is COC1CCCCC1NCCCCC(N)=O. The second-order valence-electron chi connectivity index (χ2n) is 4.54.